The molecule has 2 rings (SSSR count). The molecule has 0 fully saturated rings. The lowest BCUT2D eigenvalue weighted by molar-refractivity contribution is 0.207. The Morgan fingerprint density at radius 3 is 2.46 bits per heavy atom. The van der Waals surface area contributed by atoms with Gasteiger partial charge >= 0.3 is 16.1 Å². The Balaban J connectivity index is 2.27. The molecule has 0 saturated carbocycles. The fourth-order valence-electron chi connectivity index (χ4n) is 1.98. The van der Waals surface area contributed by atoms with E-state index in [1.807, 2.05) is 6.92 Å². The summed E-state index contributed by atoms with van der Waals surface area (Å²) in [7, 11) is -1.17. The highest BCUT2D eigenvalue weighted by molar-refractivity contribution is 7.92. The van der Waals surface area contributed by atoms with Crippen molar-refractivity contribution < 1.29 is 17.6 Å². The fraction of sp³-hybridized carbons (Fsp3) is 0.357. The number of halogens is 1. The monoisotopic (exact) mass is 355 g/mol. The van der Waals surface area contributed by atoms with Gasteiger partial charge in [0.25, 0.3) is 5.16 Å². The van der Waals surface area contributed by atoms with Crippen LogP contribution in [-0.4, -0.2) is 54.8 Å². The molecule has 0 aliphatic carbocycles. The van der Waals surface area contributed by atoms with E-state index in [1.54, 1.807) is 7.05 Å². The van der Waals surface area contributed by atoms with E-state index >= 15 is 0 Å². The number of benzene rings is 1. The molecule has 0 aliphatic heterocycles. The van der Waals surface area contributed by atoms with Crippen LogP contribution in [0, 0.1) is 5.82 Å². The first-order valence-electron chi connectivity index (χ1n) is 7.19. The molecule has 2 aromatic rings. The van der Waals surface area contributed by atoms with Gasteiger partial charge in [-0.25, -0.2) is 14.2 Å². The third-order valence-corrected chi connectivity index (χ3v) is 4.91. The minimum absolute atomic E-state index is 0.252. The van der Waals surface area contributed by atoms with Crippen molar-refractivity contribution in [3.63, 3.8) is 0 Å². The number of aromatic nitrogens is 3. The summed E-state index contributed by atoms with van der Waals surface area (Å²) in [5.74, 6) is -0.475. The summed E-state index contributed by atoms with van der Waals surface area (Å²) in [5, 5.41) is 3.25. The number of amides is 1. The number of rotatable bonds is 5. The number of carbonyl (C=O) groups is 1. The van der Waals surface area contributed by atoms with Crippen molar-refractivity contribution in [1.82, 2.24) is 19.7 Å². The molecular weight excluding hydrogens is 337 g/mol. The van der Waals surface area contributed by atoms with Gasteiger partial charge in [0.1, 0.15) is 12.1 Å². The summed E-state index contributed by atoms with van der Waals surface area (Å²) in [6.07, 6.45) is 1.81. The summed E-state index contributed by atoms with van der Waals surface area (Å²) in [6.45, 7) is 2.43. The van der Waals surface area contributed by atoms with E-state index in [1.165, 1.54) is 24.1 Å². The Morgan fingerprint density at radius 2 is 1.88 bits per heavy atom. The van der Waals surface area contributed by atoms with Gasteiger partial charge in [0.15, 0.2) is 0 Å². The maximum absolute atomic E-state index is 13.0. The molecule has 24 heavy (non-hydrogen) atoms. The standard InChI is InChI=1S/C14H18FN5O3S/c1-4-9-18(2)14(21)20-10-16-13(17-20)24(22,23)19(3)12-7-5-11(15)6-8-12/h5-8,10H,4,9H2,1-3H3. The average molecular weight is 355 g/mol. The lowest BCUT2D eigenvalue weighted by Crippen LogP contribution is -2.32. The van der Waals surface area contributed by atoms with E-state index < -0.39 is 27.0 Å². The van der Waals surface area contributed by atoms with Gasteiger partial charge in [0.2, 0.25) is 0 Å². The molecule has 10 heteroatoms. The Hall–Kier alpha value is -2.49. The van der Waals surface area contributed by atoms with E-state index in [-0.39, 0.29) is 5.69 Å². The Morgan fingerprint density at radius 1 is 1.25 bits per heavy atom. The second-order valence-electron chi connectivity index (χ2n) is 5.12. The van der Waals surface area contributed by atoms with Gasteiger partial charge < -0.3 is 4.90 Å². The summed E-state index contributed by atoms with van der Waals surface area (Å²) in [5.41, 5.74) is 0.252. The molecule has 0 radical (unpaired) electrons. The molecular formula is C14H18FN5O3S. The molecule has 1 aromatic carbocycles. The minimum atomic E-state index is -4.06. The third-order valence-electron chi connectivity index (χ3n) is 3.33. The predicted molar refractivity (Wildman–Crippen MR) is 85.7 cm³/mol. The highest BCUT2D eigenvalue weighted by Crippen LogP contribution is 2.19. The van der Waals surface area contributed by atoms with Crippen molar-refractivity contribution in [1.29, 1.82) is 0 Å². The van der Waals surface area contributed by atoms with Gasteiger partial charge in [-0.05, 0) is 30.7 Å². The molecule has 0 aliphatic rings. The van der Waals surface area contributed by atoms with Gasteiger partial charge in [0.05, 0.1) is 5.69 Å². The first-order valence-corrected chi connectivity index (χ1v) is 8.63. The SMILES string of the molecule is CCCN(C)C(=O)n1cnc(S(=O)(=O)N(C)c2ccc(F)cc2)n1. The maximum Gasteiger partial charge on any atom is 0.345 e. The number of hydrogen-bond acceptors (Lipinski definition) is 5. The van der Waals surface area contributed by atoms with Gasteiger partial charge in [-0.15, -0.1) is 5.10 Å². The highest BCUT2D eigenvalue weighted by Gasteiger charge is 2.27. The van der Waals surface area contributed by atoms with Crippen LogP contribution in [0.1, 0.15) is 13.3 Å². The number of sulfonamides is 1. The normalized spacial score (nSPS) is 11.3. The van der Waals surface area contributed by atoms with E-state index in [2.05, 4.69) is 10.1 Å². The van der Waals surface area contributed by atoms with Crippen LogP contribution >= 0.6 is 0 Å². The van der Waals surface area contributed by atoms with Gasteiger partial charge in [0, 0.05) is 20.6 Å². The molecule has 0 saturated heterocycles. The van der Waals surface area contributed by atoms with E-state index in [0.29, 0.717) is 6.54 Å². The van der Waals surface area contributed by atoms with E-state index in [0.717, 1.165) is 33.9 Å². The smallest absolute Gasteiger partial charge is 0.326 e. The Labute approximate surface area is 139 Å². The molecule has 8 nitrogen and oxygen atoms in total. The first-order chi connectivity index (χ1) is 11.3. The topological polar surface area (TPSA) is 88.4 Å². The molecule has 0 N–H and O–H groups in total. The molecule has 0 spiro atoms. The number of carbonyl (C=O) groups excluding carboxylic acids is 1. The van der Waals surface area contributed by atoms with Crippen LogP contribution in [0.25, 0.3) is 0 Å². The molecule has 1 heterocycles. The quantitative estimate of drug-likeness (QED) is 0.812. The van der Waals surface area contributed by atoms with Crippen molar-refractivity contribution in [2.75, 3.05) is 24.9 Å². The minimum Gasteiger partial charge on any atom is -0.326 e. The number of hydrogen-bond donors (Lipinski definition) is 0. The van der Waals surface area contributed by atoms with Crippen LogP contribution in [0.2, 0.25) is 0 Å². The second-order valence-corrected chi connectivity index (χ2v) is 6.99. The highest BCUT2D eigenvalue weighted by atomic mass is 32.2. The van der Waals surface area contributed by atoms with Crippen molar-refractivity contribution in [2.24, 2.45) is 0 Å². The molecule has 0 unspecified atom stereocenters. The lowest BCUT2D eigenvalue weighted by Gasteiger charge is -2.17. The molecule has 0 atom stereocenters. The summed E-state index contributed by atoms with van der Waals surface area (Å²) >= 11 is 0. The van der Waals surface area contributed by atoms with Crippen molar-refractivity contribution in [3.05, 3.63) is 36.4 Å². The largest absolute Gasteiger partial charge is 0.345 e. The molecule has 1 aromatic heterocycles. The molecule has 130 valence electrons. The summed E-state index contributed by atoms with van der Waals surface area (Å²) in [6, 6.07) is 4.47. The number of nitrogens with zero attached hydrogens (tertiary/aromatic N) is 5. The lowest BCUT2D eigenvalue weighted by atomic mass is 10.3. The van der Waals surface area contributed by atoms with Crippen molar-refractivity contribution in [3.8, 4) is 0 Å². The Kier molecular flexibility index (Phi) is 5.17. The fourth-order valence-corrected chi connectivity index (χ4v) is 2.99. The van der Waals surface area contributed by atoms with Crippen LogP contribution < -0.4 is 4.31 Å². The molecule has 1 amide bonds. The van der Waals surface area contributed by atoms with Crippen molar-refractivity contribution >= 4 is 21.7 Å². The molecule has 0 bridgehead atoms. The van der Waals surface area contributed by atoms with Gasteiger partial charge in [-0.1, -0.05) is 6.92 Å². The van der Waals surface area contributed by atoms with Crippen molar-refractivity contribution in [2.45, 2.75) is 18.5 Å². The van der Waals surface area contributed by atoms with Gasteiger partial charge in [-0.3, -0.25) is 4.31 Å². The van der Waals surface area contributed by atoms with Gasteiger partial charge in [-0.2, -0.15) is 13.1 Å². The van der Waals surface area contributed by atoms with E-state index in [9.17, 15) is 17.6 Å². The predicted octanol–water partition coefficient (Wildman–Crippen LogP) is 1.55. The first kappa shape index (κ1) is 17.9. The third kappa shape index (κ3) is 3.53. The zero-order valence-corrected chi connectivity index (χ0v) is 14.4. The van der Waals surface area contributed by atoms with Crippen LogP contribution in [0.5, 0.6) is 0 Å². The van der Waals surface area contributed by atoms with Crippen LogP contribution in [-0.2, 0) is 10.0 Å². The Bertz CT molecular complexity index is 819. The average Bonchev–Trinajstić information content (AvgIpc) is 3.05. The summed E-state index contributed by atoms with van der Waals surface area (Å²) in [4.78, 5) is 17.2. The van der Waals surface area contributed by atoms with Crippen LogP contribution in [0.4, 0.5) is 14.9 Å². The zero-order chi connectivity index (χ0) is 17.9. The second kappa shape index (κ2) is 6.95. The van der Waals surface area contributed by atoms with Crippen LogP contribution in [0.15, 0.2) is 35.7 Å². The number of anilines is 1. The zero-order valence-electron chi connectivity index (χ0n) is 13.5. The summed E-state index contributed by atoms with van der Waals surface area (Å²) < 4.78 is 39.8. The van der Waals surface area contributed by atoms with Crippen LogP contribution in [0.3, 0.4) is 0 Å². The maximum atomic E-state index is 13.0. The van der Waals surface area contributed by atoms with E-state index in [4.69, 9.17) is 0 Å².